The summed E-state index contributed by atoms with van der Waals surface area (Å²) < 4.78 is 24.4. The molecular weight excluding hydrogens is 288 g/mol. The van der Waals surface area contributed by atoms with Gasteiger partial charge in [0.05, 0.1) is 0 Å². The molecule has 0 spiro atoms. The Hall–Kier alpha value is -1.47. The van der Waals surface area contributed by atoms with Crippen molar-refractivity contribution in [3.63, 3.8) is 0 Å². The predicted molar refractivity (Wildman–Crippen MR) is 71.3 cm³/mol. The number of aryl methyl sites for hydroxylation is 1. The highest BCUT2D eigenvalue weighted by Gasteiger charge is 2.22. The molecule has 0 saturated carbocycles. The van der Waals surface area contributed by atoms with Gasteiger partial charge >= 0.3 is 0 Å². The van der Waals surface area contributed by atoms with Crippen LogP contribution >= 0.6 is 10.7 Å². The van der Waals surface area contributed by atoms with Gasteiger partial charge in [0.15, 0.2) is 5.82 Å². The van der Waals surface area contributed by atoms with Crippen molar-refractivity contribution in [2.75, 3.05) is 0 Å². The van der Waals surface area contributed by atoms with Crippen molar-refractivity contribution in [1.82, 2.24) is 19.7 Å². The minimum absolute atomic E-state index is 0.230. The highest BCUT2D eigenvalue weighted by molar-refractivity contribution is 8.13. The van der Waals surface area contributed by atoms with Crippen LogP contribution in [-0.4, -0.2) is 28.2 Å². The molecule has 0 aliphatic rings. The first kappa shape index (κ1) is 14.0. The molecule has 0 unspecified atom stereocenters. The summed E-state index contributed by atoms with van der Waals surface area (Å²) in [7, 11) is 1.45. The van der Waals surface area contributed by atoms with Crippen molar-refractivity contribution in [3.8, 4) is 11.4 Å². The smallest absolute Gasteiger partial charge is 0.296 e. The van der Waals surface area contributed by atoms with Gasteiger partial charge in [-0.05, 0) is 25.5 Å². The fourth-order valence-corrected chi connectivity index (χ4v) is 2.63. The Morgan fingerprint density at radius 3 is 2.58 bits per heavy atom. The van der Waals surface area contributed by atoms with Crippen LogP contribution in [0.2, 0.25) is 0 Å². The zero-order chi connectivity index (χ0) is 14.0. The molecular formula is C11H13ClN4O2S. The summed E-state index contributed by atoms with van der Waals surface area (Å²) in [6.45, 7) is 4.27. The highest BCUT2D eigenvalue weighted by atomic mass is 35.7. The van der Waals surface area contributed by atoms with E-state index in [9.17, 15) is 8.42 Å². The largest absolute Gasteiger partial charge is 0.297 e. The highest BCUT2D eigenvalue weighted by Crippen LogP contribution is 2.22. The van der Waals surface area contributed by atoms with Crippen LogP contribution in [-0.2, 0) is 15.6 Å². The van der Waals surface area contributed by atoms with Crippen LogP contribution in [0.25, 0.3) is 11.4 Å². The van der Waals surface area contributed by atoms with Crippen molar-refractivity contribution >= 4 is 19.7 Å². The zero-order valence-corrected chi connectivity index (χ0v) is 12.1. The summed E-state index contributed by atoms with van der Waals surface area (Å²) in [6.07, 6.45) is 2.37. The number of hydrogen-bond acceptors (Lipinski definition) is 5. The summed E-state index contributed by atoms with van der Waals surface area (Å²) in [4.78, 5) is 4.16. The average Bonchev–Trinajstić information content (AvgIpc) is 2.74. The zero-order valence-electron chi connectivity index (χ0n) is 10.5. The lowest BCUT2D eigenvalue weighted by atomic mass is 10.2. The van der Waals surface area contributed by atoms with Crippen LogP contribution in [0, 0.1) is 6.92 Å². The normalized spacial score (nSPS) is 11.7. The van der Waals surface area contributed by atoms with E-state index in [1.807, 2.05) is 26.0 Å². The maximum Gasteiger partial charge on any atom is 0.296 e. The van der Waals surface area contributed by atoms with Crippen LogP contribution in [0.5, 0.6) is 0 Å². The van der Waals surface area contributed by atoms with Gasteiger partial charge in [-0.25, -0.2) is 8.42 Å². The van der Waals surface area contributed by atoms with Crippen LogP contribution in [0.1, 0.15) is 19.0 Å². The second-order valence-electron chi connectivity index (χ2n) is 4.08. The Morgan fingerprint density at radius 1 is 1.32 bits per heavy atom. The Bertz CT molecular complexity index is 679. The molecule has 0 N–H and O–H groups in total. The molecule has 2 rings (SSSR count). The summed E-state index contributed by atoms with van der Waals surface area (Å²) in [6, 6.07) is 3.65. The molecule has 0 bridgehead atoms. The molecule has 6 nitrogen and oxygen atoms in total. The van der Waals surface area contributed by atoms with E-state index < -0.39 is 9.05 Å². The minimum atomic E-state index is -3.91. The van der Waals surface area contributed by atoms with E-state index in [-0.39, 0.29) is 5.16 Å². The topological polar surface area (TPSA) is 77.7 Å². The van der Waals surface area contributed by atoms with Gasteiger partial charge in [0.1, 0.15) is 0 Å². The molecule has 0 saturated heterocycles. The molecule has 0 radical (unpaired) electrons. The van der Waals surface area contributed by atoms with Gasteiger partial charge in [-0.2, -0.15) is 0 Å². The molecule has 0 aliphatic heterocycles. The second kappa shape index (κ2) is 5.26. The van der Waals surface area contributed by atoms with Crippen LogP contribution < -0.4 is 0 Å². The summed E-state index contributed by atoms with van der Waals surface area (Å²) in [5, 5.41) is 7.35. The standard InChI is InChI=1S/C11H13ClN4O2S/c1-3-6-16-10(9-5-4-8(2)13-7-9)14-15-11(16)19(12,17)18/h4-5,7H,3,6H2,1-2H3. The minimum Gasteiger partial charge on any atom is -0.297 e. The lowest BCUT2D eigenvalue weighted by Gasteiger charge is -2.07. The van der Waals surface area contributed by atoms with E-state index in [1.165, 1.54) is 4.57 Å². The number of halogens is 1. The van der Waals surface area contributed by atoms with Gasteiger partial charge in [0.25, 0.3) is 14.2 Å². The number of aromatic nitrogens is 4. The van der Waals surface area contributed by atoms with Crippen molar-refractivity contribution in [1.29, 1.82) is 0 Å². The quantitative estimate of drug-likeness (QED) is 0.807. The van der Waals surface area contributed by atoms with E-state index in [1.54, 1.807) is 6.20 Å². The van der Waals surface area contributed by atoms with Crippen LogP contribution in [0.15, 0.2) is 23.5 Å². The van der Waals surface area contributed by atoms with Crippen molar-refractivity contribution in [3.05, 3.63) is 24.0 Å². The molecule has 102 valence electrons. The van der Waals surface area contributed by atoms with Gasteiger partial charge in [-0.3, -0.25) is 9.55 Å². The third kappa shape index (κ3) is 2.93. The predicted octanol–water partition coefficient (Wildman–Crippen LogP) is 1.99. The number of nitrogens with zero attached hydrogens (tertiary/aromatic N) is 4. The molecule has 8 heteroatoms. The first-order chi connectivity index (χ1) is 8.93. The van der Waals surface area contributed by atoms with E-state index in [0.717, 1.165) is 12.1 Å². The maximum atomic E-state index is 11.5. The van der Waals surface area contributed by atoms with Gasteiger partial charge in [-0.15, -0.1) is 10.2 Å². The SMILES string of the molecule is CCCn1c(-c2ccc(C)nc2)nnc1S(=O)(=O)Cl. The van der Waals surface area contributed by atoms with Crippen molar-refractivity contribution in [2.24, 2.45) is 0 Å². The van der Waals surface area contributed by atoms with Crippen molar-refractivity contribution < 1.29 is 8.42 Å². The Morgan fingerprint density at radius 2 is 2.05 bits per heavy atom. The molecule has 0 fully saturated rings. The van der Waals surface area contributed by atoms with Crippen LogP contribution in [0.4, 0.5) is 0 Å². The van der Waals surface area contributed by atoms with Gasteiger partial charge < -0.3 is 0 Å². The van der Waals surface area contributed by atoms with Gasteiger partial charge in [-0.1, -0.05) is 6.92 Å². The number of pyridine rings is 1. The van der Waals surface area contributed by atoms with Gasteiger partial charge in [0.2, 0.25) is 0 Å². The first-order valence-corrected chi connectivity index (χ1v) is 8.05. The van der Waals surface area contributed by atoms with E-state index in [2.05, 4.69) is 15.2 Å². The molecule has 0 aromatic carbocycles. The lowest BCUT2D eigenvalue weighted by molar-refractivity contribution is 0.570. The van der Waals surface area contributed by atoms with Crippen LogP contribution in [0.3, 0.4) is 0 Å². The summed E-state index contributed by atoms with van der Waals surface area (Å²) in [5.74, 6) is 0.452. The first-order valence-electron chi connectivity index (χ1n) is 5.74. The fraction of sp³-hybridized carbons (Fsp3) is 0.364. The Labute approximate surface area is 115 Å². The molecule has 0 atom stereocenters. The molecule has 2 heterocycles. The van der Waals surface area contributed by atoms with E-state index in [4.69, 9.17) is 10.7 Å². The molecule has 19 heavy (non-hydrogen) atoms. The average molecular weight is 301 g/mol. The fourth-order valence-electron chi connectivity index (χ4n) is 1.71. The molecule has 0 aliphatic carbocycles. The Kier molecular flexibility index (Phi) is 3.86. The Balaban J connectivity index is 2.58. The number of hydrogen-bond donors (Lipinski definition) is 0. The molecule has 0 amide bonds. The monoisotopic (exact) mass is 300 g/mol. The number of rotatable bonds is 4. The summed E-state index contributed by atoms with van der Waals surface area (Å²) >= 11 is 0. The maximum absolute atomic E-state index is 11.5. The third-order valence-electron chi connectivity index (χ3n) is 2.55. The lowest BCUT2D eigenvalue weighted by Crippen LogP contribution is -2.07. The third-order valence-corrected chi connectivity index (χ3v) is 3.70. The molecule has 2 aromatic rings. The molecule has 2 aromatic heterocycles. The van der Waals surface area contributed by atoms with E-state index >= 15 is 0 Å². The second-order valence-corrected chi connectivity index (χ2v) is 6.54. The van der Waals surface area contributed by atoms with Gasteiger partial charge in [0, 0.05) is 34.7 Å². The summed E-state index contributed by atoms with van der Waals surface area (Å²) in [5.41, 5.74) is 1.58. The van der Waals surface area contributed by atoms with Crippen molar-refractivity contribution in [2.45, 2.75) is 32.0 Å². The van der Waals surface area contributed by atoms with E-state index in [0.29, 0.717) is 17.9 Å².